The first-order valence-electron chi connectivity index (χ1n) is 6.08. The van der Waals surface area contributed by atoms with E-state index in [0.717, 1.165) is 31.6 Å². The number of hydrogen-bond acceptors (Lipinski definition) is 2. The van der Waals surface area contributed by atoms with Crippen molar-refractivity contribution in [3.05, 3.63) is 33.7 Å². The summed E-state index contributed by atoms with van der Waals surface area (Å²) >= 11 is 4.35. The van der Waals surface area contributed by atoms with Gasteiger partial charge in [0.1, 0.15) is 0 Å². The van der Waals surface area contributed by atoms with Gasteiger partial charge < -0.3 is 4.57 Å². The van der Waals surface area contributed by atoms with Gasteiger partial charge in [-0.3, -0.25) is 4.79 Å². The standard InChI is InChI=1S/C13H19NOS/c1-2-10(9-16)8-14-12-5-3-4-11(12)6-7-13(14)15/h6-7,10,16H,2-5,8-9H2,1H3. The molecular weight excluding hydrogens is 218 g/mol. The number of hydrogen-bond donors (Lipinski definition) is 1. The van der Waals surface area contributed by atoms with E-state index < -0.39 is 0 Å². The molecule has 1 aliphatic rings. The summed E-state index contributed by atoms with van der Waals surface area (Å²) in [4.78, 5) is 11.9. The molecule has 1 aromatic heterocycles. The van der Waals surface area contributed by atoms with Crippen LogP contribution in [-0.2, 0) is 19.4 Å². The summed E-state index contributed by atoms with van der Waals surface area (Å²) in [5, 5.41) is 0. The maximum Gasteiger partial charge on any atom is 0.250 e. The summed E-state index contributed by atoms with van der Waals surface area (Å²) in [6, 6.07) is 3.72. The third-order valence-electron chi connectivity index (χ3n) is 3.53. The fourth-order valence-corrected chi connectivity index (χ4v) is 2.78. The number of aromatic nitrogens is 1. The van der Waals surface area contributed by atoms with Crippen LogP contribution >= 0.6 is 12.6 Å². The molecule has 88 valence electrons. The van der Waals surface area contributed by atoms with Gasteiger partial charge in [0, 0.05) is 18.3 Å². The molecule has 0 spiro atoms. The highest BCUT2D eigenvalue weighted by atomic mass is 32.1. The SMILES string of the molecule is CCC(CS)Cn1c2c(ccc1=O)CCC2. The van der Waals surface area contributed by atoms with Crippen LogP contribution in [0.1, 0.15) is 31.0 Å². The van der Waals surface area contributed by atoms with E-state index in [1.54, 1.807) is 6.07 Å². The van der Waals surface area contributed by atoms with Gasteiger partial charge in [-0.15, -0.1) is 0 Å². The summed E-state index contributed by atoms with van der Waals surface area (Å²) < 4.78 is 1.98. The second kappa shape index (κ2) is 5.09. The van der Waals surface area contributed by atoms with E-state index >= 15 is 0 Å². The van der Waals surface area contributed by atoms with Crippen LogP contribution in [0.25, 0.3) is 0 Å². The van der Waals surface area contributed by atoms with E-state index in [0.29, 0.717) is 5.92 Å². The minimum absolute atomic E-state index is 0.154. The Bertz CT molecular complexity index is 420. The lowest BCUT2D eigenvalue weighted by Crippen LogP contribution is -2.26. The molecule has 1 aromatic rings. The molecular formula is C13H19NOS. The first-order chi connectivity index (χ1) is 7.76. The van der Waals surface area contributed by atoms with Gasteiger partial charge in [0.25, 0.3) is 5.56 Å². The van der Waals surface area contributed by atoms with E-state index in [4.69, 9.17) is 0 Å². The average molecular weight is 237 g/mol. The van der Waals surface area contributed by atoms with Crippen LogP contribution in [0.2, 0.25) is 0 Å². The lowest BCUT2D eigenvalue weighted by Gasteiger charge is -2.17. The third-order valence-corrected chi connectivity index (χ3v) is 4.04. The Morgan fingerprint density at radius 1 is 1.44 bits per heavy atom. The molecule has 16 heavy (non-hydrogen) atoms. The van der Waals surface area contributed by atoms with Crippen molar-refractivity contribution in [1.82, 2.24) is 4.57 Å². The van der Waals surface area contributed by atoms with Gasteiger partial charge in [-0.05, 0) is 36.5 Å². The molecule has 2 nitrogen and oxygen atoms in total. The van der Waals surface area contributed by atoms with Crippen molar-refractivity contribution < 1.29 is 0 Å². The van der Waals surface area contributed by atoms with Crippen LogP contribution in [-0.4, -0.2) is 10.3 Å². The second-order valence-corrected chi connectivity index (χ2v) is 4.93. The van der Waals surface area contributed by atoms with Crippen molar-refractivity contribution in [3.63, 3.8) is 0 Å². The lowest BCUT2D eigenvalue weighted by atomic mass is 10.1. The molecule has 0 bridgehead atoms. The zero-order valence-corrected chi connectivity index (χ0v) is 10.7. The predicted octanol–water partition coefficient (Wildman–Crippen LogP) is 2.29. The monoisotopic (exact) mass is 237 g/mol. The van der Waals surface area contributed by atoms with Crippen molar-refractivity contribution in [1.29, 1.82) is 0 Å². The Morgan fingerprint density at radius 2 is 2.25 bits per heavy atom. The first-order valence-corrected chi connectivity index (χ1v) is 6.72. The average Bonchev–Trinajstić information content (AvgIpc) is 2.76. The fraction of sp³-hybridized carbons (Fsp3) is 0.615. The molecule has 0 amide bonds. The molecule has 0 saturated carbocycles. The molecule has 0 aromatic carbocycles. The van der Waals surface area contributed by atoms with Crippen molar-refractivity contribution in [2.24, 2.45) is 5.92 Å². The zero-order valence-electron chi connectivity index (χ0n) is 9.78. The van der Waals surface area contributed by atoms with E-state index in [1.807, 2.05) is 10.6 Å². The predicted molar refractivity (Wildman–Crippen MR) is 70.4 cm³/mol. The van der Waals surface area contributed by atoms with Crippen LogP contribution < -0.4 is 5.56 Å². The summed E-state index contributed by atoms with van der Waals surface area (Å²) in [6.07, 6.45) is 4.47. The highest BCUT2D eigenvalue weighted by Gasteiger charge is 2.17. The summed E-state index contributed by atoms with van der Waals surface area (Å²) in [7, 11) is 0. The molecule has 0 aliphatic heterocycles. The van der Waals surface area contributed by atoms with Crippen LogP contribution in [0.15, 0.2) is 16.9 Å². The van der Waals surface area contributed by atoms with Crippen molar-refractivity contribution in [2.75, 3.05) is 5.75 Å². The topological polar surface area (TPSA) is 22.0 Å². The maximum atomic E-state index is 11.9. The highest BCUT2D eigenvalue weighted by molar-refractivity contribution is 7.80. The summed E-state index contributed by atoms with van der Waals surface area (Å²) in [6.45, 7) is 3.00. The number of rotatable bonds is 4. The van der Waals surface area contributed by atoms with Gasteiger partial charge >= 0.3 is 0 Å². The second-order valence-electron chi connectivity index (χ2n) is 4.56. The smallest absolute Gasteiger partial charge is 0.250 e. The summed E-state index contributed by atoms with van der Waals surface area (Å²) in [5.41, 5.74) is 2.79. The molecule has 0 N–H and O–H groups in total. The van der Waals surface area contributed by atoms with E-state index in [2.05, 4.69) is 19.6 Å². The quantitative estimate of drug-likeness (QED) is 0.797. The summed E-state index contributed by atoms with van der Waals surface area (Å²) in [5.74, 6) is 1.36. The molecule has 1 atom stereocenters. The molecule has 1 unspecified atom stereocenters. The van der Waals surface area contributed by atoms with E-state index in [9.17, 15) is 4.79 Å². The van der Waals surface area contributed by atoms with Crippen molar-refractivity contribution in [3.8, 4) is 0 Å². The number of fused-ring (bicyclic) bond motifs is 1. The Balaban J connectivity index is 2.33. The van der Waals surface area contributed by atoms with Gasteiger partial charge in [0.05, 0.1) is 0 Å². The van der Waals surface area contributed by atoms with Gasteiger partial charge in [-0.25, -0.2) is 0 Å². The van der Waals surface area contributed by atoms with Crippen LogP contribution in [0.3, 0.4) is 0 Å². The Hall–Kier alpha value is -0.700. The highest BCUT2D eigenvalue weighted by Crippen LogP contribution is 2.21. The Labute approximate surface area is 102 Å². The van der Waals surface area contributed by atoms with Crippen LogP contribution in [0.5, 0.6) is 0 Å². The van der Waals surface area contributed by atoms with Gasteiger partial charge in [0.15, 0.2) is 0 Å². The molecule has 2 rings (SSSR count). The van der Waals surface area contributed by atoms with Gasteiger partial charge in [0.2, 0.25) is 0 Å². The molecule has 0 saturated heterocycles. The van der Waals surface area contributed by atoms with Gasteiger partial charge in [-0.2, -0.15) is 12.6 Å². The minimum atomic E-state index is 0.154. The number of thiol groups is 1. The van der Waals surface area contributed by atoms with Gasteiger partial charge in [-0.1, -0.05) is 19.4 Å². The van der Waals surface area contributed by atoms with Crippen LogP contribution in [0, 0.1) is 5.92 Å². The Kier molecular flexibility index (Phi) is 3.74. The molecule has 0 radical (unpaired) electrons. The molecule has 1 heterocycles. The van der Waals surface area contributed by atoms with E-state index in [1.165, 1.54) is 17.7 Å². The number of nitrogens with zero attached hydrogens (tertiary/aromatic N) is 1. The number of aryl methyl sites for hydroxylation is 1. The lowest BCUT2D eigenvalue weighted by molar-refractivity contribution is 0.458. The van der Waals surface area contributed by atoms with Crippen molar-refractivity contribution in [2.45, 2.75) is 39.2 Å². The largest absolute Gasteiger partial charge is 0.312 e. The first kappa shape index (κ1) is 11.8. The Morgan fingerprint density at radius 3 is 2.94 bits per heavy atom. The van der Waals surface area contributed by atoms with Crippen molar-refractivity contribution >= 4 is 12.6 Å². The fourth-order valence-electron chi connectivity index (χ4n) is 2.41. The normalized spacial score (nSPS) is 16.1. The molecule has 1 aliphatic carbocycles. The van der Waals surface area contributed by atoms with E-state index in [-0.39, 0.29) is 5.56 Å². The maximum absolute atomic E-state index is 11.9. The number of pyridine rings is 1. The third kappa shape index (κ3) is 2.19. The van der Waals surface area contributed by atoms with Crippen LogP contribution in [0.4, 0.5) is 0 Å². The minimum Gasteiger partial charge on any atom is -0.312 e. The zero-order chi connectivity index (χ0) is 11.5. The molecule has 0 fully saturated rings. The molecule has 3 heteroatoms.